The van der Waals surface area contributed by atoms with Crippen LogP contribution in [-0.4, -0.2) is 39.1 Å². The standard InChI is InChI=1S/C21H26N2O4/c1-26-18-11-10-17(15-19(18)27-2)12-14-23-21(25)20(24)22-13-6-9-16-7-4-3-5-8-16/h3-5,7-8,10-11,15H,6,9,12-14H2,1-2H3,(H,22,24)(H,23,25). The maximum absolute atomic E-state index is 11.9. The highest BCUT2D eigenvalue weighted by Crippen LogP contribution is 2.27. The Morgan fingerprint density at radius 1 is 0.778 bits per heavy atom. The molecule has 2 aromatic rings. The zero-order valence-electron chi connectivity index (χ0n) is 15.8. The fourth-order valence-corrected chi connectivity index (χ4v) is 2.66. The van der Waals surface area contributed by atoms with Crippen LogP contribution in [0.25, 0.3) is 0 Å². The number of nitrogens with one attached hydrogen (secondary N) is 2. The molecule has 144 valence electrons. The van der Waals surface area contributed by atoms with Crippen LogP contribution in [0.3, 0.4) is 0 Å². The fourth-order valence-electron chi connectivity index (χ4n) is 2.66. The highest BCUT2D eigenvalue weighted by Gasteiger charge is 2.12. The maximum atomic E-state index is 11.9. The SMILES string of the molecule is COc1ccc(CCNC(=O)C(=O)NCCCc2ccccc2)cc1OC. The van der Waals surface area contributed by atoms with E-state index < -0.39 is 11.8 Å². The van der Waals surface area contributed by atoms with Gasteiger partial charge in [0.1, 0.15) is 0 Å². The summed E-state index contributed by atoms with van der Waals surface area (Å²) in [6.45, 7) is 0.836. The van der Waals surface area contributed by atoms with Crippen molar-refractivity contribution in [3.63, 3.8) is 0 Å². The summed E-state index contributed by atoms with van der Waals surface area (Å²) >= 11 is 0. The number of rotatable bonds is 9. The summed E-state index contributed by atoms with van der Waals surface area (Å²) in [5.41, 5.74) is 2.20. The lowest BCUT2D eigenvalue weighted by Gasteiger charge is -2.10. The van der Waals surface area contributed by atoms with Crippen molar-refractivity contribution in [3.8, 4) is 11.5 Å². The Morgan fingerprint density at radius 2 is 1.44 bits per heavy atom. The molecule has 6 nitrogen and oxygen atoms in total. The lowest BCUT2D eigenvalue weighted by molar-refractivity contribution is -0.139. The molecule has 0 atom stereocenters. The van der Waals surface area contributed by atoms with Gasteiger partial charge < -0.3 is 20.1 Å². The van der Waals surface area contributed by atoms with Gasteiger partial charge in [-0.05, 0) is 42.5 Å². The van der Waals surface area contributed by atoms with Gasteiger partial charge in [0, 0.05) is 13.1 Å². The van der Waals surface area contributed by atoms with Crippen LogP contribution < -0.4 is 20.1 Å². The summed E-state index contributed by atoms with van der Waals surface area (Å²) < 4.78 is 10.4. The van der Waals surface area contributed by atoms with Crippen molar-refractivity contribution in [2.24, 2.45) is 0 Å². The van der Waals surface area contributed by atoms with Crippen LogP contribution in [0.1, 0.15) is 17.5 Å². The van der Waals surface area contributed by atoms with E-state index in [1.165, 1.54) is 5.56 Å². The highest BCUT2D eigenvalue weighted by atomic mass is 16.5. The van der Waals surface area contributed by atoms with E-state index in [2.05, 4.69) is 10.6 Å². The molecule has 27 heavy (non-hydrogen) atoms. The maximum Gasteiger partial charge on any atom is 0.309 e. The second-order valence-electron chi connectivity index (χ2n) is 6.04. The molecule has 0 heterocycles. The van der Waals surface area contributed by atoms with E-state index in [-0.39, 0.29) is 0 Å². The van der Waals surface area contributed by atoms with Crippen LogP contribution in [0, 0.1) is 0 Å². The third-order valence-electron chi connectivity index (χ3n) is 4.12. The number of ether oxygens (including phenoxy) is 2. The van der Waals surface area contributed by atoms with Gasteiger partial charge in [-0.3, -0.25) is 9.59 Å². The molecule has 2 rings (SSSR count). The van der Waals surface area contributed by atoms with Gasteiger partial charge >= 0.3 is 11.8 Å². The first-order chi connectivity index (χ1) is 13.1. The molecule has 2 N–H and O–H groups in total. The average molecular weight is 370 g/mol. The molecular weight excluding hydrogens is 344 g/mol. The van der Waals surface area contributed by atoms with Crippen LogP contribution in [0.2, 0.25) is 0 Å². The predicted octanol–water partition coefficient (Wildman–Crippen LogP) is 2.11. The summed E-state index contributed by atoms with van der Waals surface area (Å²) in [7, 11) is 3.15. The van der Waals surface area contributed by atoms with Crippen LogP contribution in [0.5, 0.6) is 11.5 Å². The smallest absolute Gasteiger partial charge is 0.309 e. The Kier molecular flexibility index (Phi) is 8.16. The molecule has 0 saturated heterocycles. The van der Waals surface area contributed by atoms with E-state index in [0.717, 1.165) is 18.4 Å². The predicted molar refractivity (Wildman–Crippen MR) is 104 cm³/mol. The van der Waals surface area contributed by atoms with Crippen LogP contribution in [-0.2, 0) is 22.4 Å². The van der Waals surface area contributed by atoms with Crippen molar-refractivity contribution in [2.75, 3.05) is 27.3 Å². The van der Waals surface area contributed by atoms with Crippen molar-refractivity contribution in [2.45, 2.75) is 19.3 Å². The Morgan fingerprint density at radius 3 is 2.11 bits per heavy atom. The highest BCUT2D eigenvalue weighted by molar-refractivity contribution is 6.35. The first-order valence-corrected chi connectivity index (χ1v) is 8.95. The molecule has 0 aliphatic rings. The first kappa shape index (κ1) is 20.3. The minimum absolute atomic E-state index is 0.367. The molecule has 0 saturated carbocycles. The van der Waals surface area contributed by atoms with Crippen LogP contribution in [0.15, 0.2) is 48.5 Å². The molecular formula is C21H26N2O4. The van der Waals surface area contributed by atoms with E-state index in [4.69, 9.17) is 9.47 Å². The number of methoxy groups -OCH3 is 2. The second kappa shape index (κ2) is 10.9. The first-order valence-electron chi connectivity index (χ1n) is 8.95. The number of hydrogen-bond donors (Lipinski definition) is 2. The summed E-state index contributed by atoms with van der Waals surface area (Å²) in [6.07, 6.45) is 2.24. The van der Waals surface area contributed by atoms with Gasteiger partial charge in [0.25, 0.3) is 0 Å². The Balaban J connectivity index is 1.66. The minimum atomic E-state index is -0.616. The van der Waals surface area contributed by atoms with Crippen LogP contribution >= 0.6 is 0 Å². The number of benzene rings is 2. The van der Waals surface area contributed by atoms with Gasteiger partial charge in [0.05, 0.1) is 14.2 Å². The second-order valence-corrected chi connectivity index (χ2v) is 6.04. The summed E-state index contributed by atoms with van der Waals surface area (Å²) in [5.74, 6) is 0.0724. The summed E-state index contributed by atoms with van der Waals surface area (Å²) in [4.78, 5) is 23.7. The summed E-state index contributed by atoms with van der Waals surface area (Å²) in [5, 5.41) is 5.28. The molecule has 0 spiro atoms. The molecule has 0 fully saturated rings. The summed E-state index contributed by atoms with van der Waals surface area (Å²) in [6, 6.07) is 15.6. The third-order valence-corrected chi connectivity index (χ3v) is 4.12. The monoisotopic (exact) mass is 370 g/mol. The largest absolute Gasteiger partial charge is 0.493 e. The van der Waals surface area contributed by atoms with Crippen molar-refractivity contribution >= 4 is 11.8 Å². The topological polar surface area (TPSA) is 76.7 Å². The van der Waals surface area contributed by atoms with E-state index in [1.807, 2.05) is 48.5 Å². The Labute approximate surface area is 159 Å². The van der Waals surface area contributed by atoms with Crippen LogP contribution in [0.4, 0.5) is 0 Å². The molecule has 0 aliphatic carbocycles. The van der Waals surface area contributed by atoms with E-state index in [0.29, 0.717) is 31.0 Å². The Hall–Kier alpha value is -3.02. The molecule has 6 heteroatoms. The average Bonchev–Trinajstić information content (AvgIpc) is 2.71. The number of carbonyl (C=O) groups is 2. The van der Waals surface area contributed by atoms with E-state index >= 15 is 0 Å². The number of aryl methyl sites for hydroxylation is 1. The van der Waals surface area contributed by atoms with Gasteiger partial charge in [-0.2, -0.15) is 0 Å². The molecule has 0 radical (unpaired) electrons. The molecule has 0 unspecified atom stereocenters. The lowest BCUT2D eigenvalue weighted by Crippen LogP contribution is -2.41. The van der Waals surface area contributed by atoms with E-state index in [1.54, 1.807) is 14.2 Å². The molecule has 0 aliphatic heterocycles. The van der Waals surface area contributed by atoms with Gasteiger partial charge in [0.15, 0.2) is 11.5 Å². The molecule has 2 aromatic carbocycles. The lowest BCUT2D eigenvalue weighted by atomic mass is 10.1. The van der Waals surface area contributed by atoms with Crippen molar-refractivity contribution in [1.29, 1.82) is 0 Å². The van der Waals surface area contributed by atoms with Crippen molar-refractivity contribution in [3.05, 3.63) is 59.7 Å². The van der Waals surface area contributed by atoms with Gasteiger partial charge in [-0.1, -0.05) is 36.4 Å². The van der Waals surface area contributed by atoms with E-state index in [9.17, 15) is 9.59 Å². The Bertz CT molecular complexity index is 747. The fraction of sp³-hybridized carbons (Fsp3) is 0.333. The number of carbonyl (C=O) groups excluding carboxylic acids is 2. The molecule has 0 aromatic heterocycles. The molecule has 2 amide bonds. The number of amides is 2. The third kappa shape index (κ3) is 6.66. The minimum Gasteiger partial charge on any atom is -0.493 e. The van der Waals surface area contributed by atoms with Gasteiger partial charge in [-0.25, -0.2) is 0 Å². The van der Waals surface area contributed by atoms with Crippen molar-refractivity contribution < 1.29 is 19.1 Å². The van der Waals surface area contributed by atoms with Gasteiger partial charge in [0.2, 0.25) is 0 Å². The zero-order valence-corrected chi connectivity index (χ0v) is 15.8. The number of hydrogen-bond acceptors (Lipinski definition) is 4. The molecule has 0 bridgehead atoms. The van der Waals surface area contributed by atoms with Gasteiger partial charge in [-0.15, -0.1) is 0 Å². The van der Waals surface area contributed by atoms with Crippen molar-refractivity contribution in [1.82, 2.24) is 10.6 Å². The zero-order chi connectivity index (χ0) is 19.5. The normalized spacial score (nSPS) is 10.1. The quantitative estimate of drug-likeness (QED) is 0.524.